The fourth-order valence-electron chi connectivity index (χ4n) is 4.35. The van der Waals surface area contributed by atoms with Gasteiger partial charge in [0.05, 0.1) is 10.8 Å². The zero-order valence-corrected chi connectivity index (χ0v) is 14.2. The molecule has 0 aromatic rings. The Kier molecular flexibility index (Phi) is 7.37. The zero-order valence-electron chi connectivity index (χ0n) is 14.2. The highest BCUT2D eigenvalue weighted by Gasteiger charge is 2.60. The average Bonchev–Trinajstić information content (AvgIpc) is 2.48. The van der Waals surface area contributed by atoms with Crippen molar-refractivity contribution in [2.75, 3.05) is 0 Å². The number of rotatable bonds is 10. The van der Waals surface area contributed by atoms with E-state index in [1.807, 2.05) is 6.92 Å². The molecule has 1 aliphatic carbocycles. The van der Waals surface area contributed by atoms with Crippen LogP contribution in [-0.2, 0) is 9.59 Å². The van der Waals surface area contributed by atoms with Crippen molar-refractivity contribution in [2.45, 2.75) is 90.9 Å². The molecule has 128 valence electrons. The molecule has 1 aliphatic rings. The van der Waals surface area contributed by atoms with Crippen LogP contribution >= 0.6 is 0 Å². The summed E-state index contributed by atoms with van der Waals surface area (Å²) in [5.41, 5.74) is -2.14. The third kappa shape index (κ3) is 3.64. The predicted molar refractivity (Wildman–Crippen MR) is 86.9 cm³/mol. The summed E-state index contributed by atoms with van der Waals surface area (Å²) in [6, 6.07) is 0. The van der Waals surface area contributed by atoms with Crippen LogP contribution in [0.3, 0.4) is 0 Å². The highest BCUT2D eigenvalue weighted by Crippen LogP contribution is 2.56. The fourth-order valence-corrected chi connectivity index (χ4v) is 4.35. The summed E-state index contributed by atoms with van der Waals surface area (Å²) in [5.74, 6) is -1.79. The molecule has 0 amide bonds. The first-order chi connectivity index (χ1) is 10.5. The second kappa shape index (κ2) is 8.54. The lowest BCUT2D eigenvalue weighted by Gasteiger charge is -2.48. The van der Waals surface area contributed by atoms with Gasteiger partial charge in [0.2, 0.25) is 0 Å². The molecule has 22 heavy (non-hydrogen) atoms. The lowest BCUT2D eigenvalue weighted by Crippen LogP contribution is -2.54. The molecule has 0 spiro atoms. The molecule has 2 N–H and O–H groups in total. The predicted octanol–water partition coefficient (Wildman–Crippen LogP) is 4.86. The van der Waals surface area contributed by atoms with Crippen LogP contribution in [-0.4, -0.2) is 22.2 Å². The first-order valence-electron chi connectivity index (χ1n) is 8.93. The van der Waals surface area contributed by atoms with Crippen LogP contribution in [0.25, 0.3) is 0 Å². The molecule has 4 heteroatoms. The van der Waals surface area contributed by atoms with Crippen molar-refractivity contribution in [3.63, 3.8) is 0 Å². The summed E-state index contributed by atoms with van der Waals surface area (Å²) in [4.78, 5) is 24.2. The van der Waals surface area contributed by atoms with Crippen molar-refractivity contribution in [1.29, 1.82) is 0 Å². The summed E-state index contributed by atoms with van der Waals surface area (Å²) in [5, 5.41) is 19.8. The number of aliphatic carboxylic acids is 2. The molecule has 1 saturated carbocycles. The molecule has 2 atom stereocenters. The number of carbonyl (C=O) groups is 2. The fraction of sp³-hybridized carbons (Fsp3) is 0.889. The van der Waals surface area contributed by atoms with Gasteiger partial charge < -0.3 is 10.2 Å². The largest absolute Gasteiger partial charge is 0.481 e. The van der Waals surface area contributed by atoms with E-state index in [9.17, 15) is 19.8 Å². The number of hydrogen-bond acceptors (Lipinski definition) is 2. The Morgan fingerprint density at radius 3 is 1.73 bits per heavy atom. The SMILES string of the molecule is CCCCCCCC1(C(=O)O)CCCCC1(CCC)C(=O)O. The van der Waals surface area contributed by atoms with E-state index in [4.69, 9.17) is 0 Å². The lowest BCUT2D eigenvalue weighted by molar-refractivity contribution is -0.182. The zero-order chi connectivity index (χ0) is 16.6. The Bertz CT molecular complexity index is 375. The minimum atomic E-state index is -1.07. The van der Waals surface area contributed by atoms with Crippen molar-refractivity contribution >= 4 is 11.9 Å². The third-order valence-electron chi connectivity index (χ3n) is 5.58. The number of unbranched alkanes of at least 4 members (excludes halogenated alkanes) is 4. The first-order valence-corrected chi connectivity index (χ1v) is 8.93. The van der Waals surface area contributed by atoms with Gasteiger partial charge in [0.15, 0.2) is 0 Å². The molecular weight excluding hydrogens is 280 g/mol. The molecule has 0 aliphatic heterocycles. The topological polar surface area (TPSA) is 74.6 Å². The minimum Gasteiger partial charge on any atom is -0.481 e. The maximum Gasteiger partial charge on any atom is 0.310 e. The summed E-state index contributed by atoms with van der Waals surface area (Å²) < 4.78 is 0. The van der Waals surface area contributed by atoms with Gasteiger partial charge in [-0.15, -0.1) is 0 Å². The number of carboxylic acids is 2. The summed E-state index contributed by atoms with van der Waals surface area (Å²) in [6.45, 7) is 4.10. The Balaban J connectivity index is 2.98. The maximum atomic E-state index is 12.1. The Labute approximate surface area is 134 Å². The first kappa shape index (κ1) is 19.0. The monoisotopic (exact) mass is 312 g/mol. The van der Waals surface area contributed by atoms with Crippen molar-refractivity contribution in [1.82, 2.24) is 0 Å². The summed E-state index contributed by atoms with van der Waals surface area (Å²) in [7, 11) is 0. The van der Waals surface area contributed by atoms with Crippen molar-refractivity contribution in [3.05, 3.63) is 0 Å². The van der Waals surface area contributed by atoms with Crippen LogP contribution in [0.2, 0.25) is 0 Å². The highest BCUT2D eigenvalue weighted by atomic mass is 16.4. The Hall–Kier alpha value is -1.06. The van der Waals surface area contributed by atoms with Crippen molar-refractivity contribution in [2.24, 2.45) is 10.8 Å². The molecule has 0 bridgehead atoms. The Morgan fingerprint density at radius 1 is 0.773 bits per heavy atom. The van der Waals surface area contributed by atoms with Crippen LogP contribution in [0.5, 0.6) is 0 Å². The van der Waals surface area contributed by atoms with Gasteiger partial charge in [0.1, 0.15) is 0 Å². The van der Waals surface area contributed by atoms with E-state index in [2.05, 4.69) is 6.92 Å². The van der Waals surface area contributed by atoms with Gasteiger partial charge in [-0.3, -0.25) is 9.59 Å². The van der Waals surface area contributed by atoms with Gasteiger partial charge >= 0.3 is 11.9 Å². The number of hydrogen-bond donors (Lipinski definition) is 2. The maximum absolute atomic E-state index is 12.1. The molecule has 0 heterocycles. The minimum absolute atomic E-state index is 0.476. The van der Waals surface area contributed by atoms with E-state index < -0.39 is 22.8 Å². The van der Waals surface area contributed by atoms with Gasteiger partial charge in [-0.05, 0) is 25.7 Å². The van der Waals surface area contributed by atoms with E-state index in [0.29, 0.717) is 25.7 Å². The molecule has 1 fully saturated rings. The van der Waals surface area contributed by atoms with Crippen LogP contribution in [0.4, 0.5) is 0 Å². The molecule has 0 aromatic carbocycles. The van der Waals surface area contributed by atoms with E-state index in [1.54, 1.807) is 0 Å². The number of carboxylic acid groups (broad SMARTS) is 2. The molecule has 2 unspecified atom stereocenters. The van der Waals surface area contributed by atoms with Crippen molar-refractivity contribution < 1.29 is 19.8 Å². The van der Waals surface area contributed by atoms with Gasteiger partial charge in [-0.25, -0.2) is 0 Å². The van der Waals surface area contributed by atoms with Crippen LogP contribution < -0.4 is 0 Å². The van der Waals surface area contributed by atoms with E-state index in [-0.39, 0.29) is 0 Å². The molecule has 1 rings (SSSR count). The molecule has 4 nitrogen and oxygen atoms in total. The van der Waals surface area contributed by atoms with E-state index >= 15 is 0 Å². The normalized spacial score (nSPS) is 28.5. The van der Waals surface area contributed by atoms with E-state index in [0.717, 1.165) is 44.9 Å². The summed E-state index contributed by atoms with van der Waals surface area (Å²) in [6.07, 6.45) is 9.66. The van der Waals surface area contributed by atoms with Gasteiger partial charge in [-0.2, -0.15) is 0 Å². The quantitative estimate of drug-likeness (QED) is 0.565. The van der Waals surface area contributed by atoms with Gasteiger partial charge in [0.25, 0.3) is 0 Å². The van der Waals surface area contributed by atoms with Crippen LogP contribution in [0.15, 0.2) is 0 Å². The van der Waals surface area contributed by atoms with Gasteiger partial charge in [0, 0.05) is 0 Å². The van der Waals surface area contributed by atoms with Gasteiger partial charge in [-0.1, -0.05) is 65.2 Å². The molecular formula is C18H32O4. The smallest absolute Gasteiger partial charge is 0.310 e. The highest BCUT2D eigenvalue weighted by molar-refractivity contribution is 5.87. The average molecular weight is 312 g/mol. The second-order valence-electron chi connectivity index (χ2n) is 6.90. The molecule has 0 radical (unpaired) electrons. The standard InChI is InChI=1S/C18H32O4/c1-3-5-6-7-8-12-18(16(21)22)14-10-9-13-17(18,11-4-2)15(19)20/h3-14H2,1-2H3,(H,19,20)(H,21,22). The molecule has 0 saturated heterocycles. The second-order valence-corrected chi connectivity index (χ2v) is 6.90. The Morgan fingerprint density at radius 2 is 1.27 bits per heavy atom. The summed E-state index contributed by atoms with van der Waals surface area (Å²) >= 11 is 0. The lowest BCUT2D eigenvalue weighted by atomic mass is 9.52. The molecule has 0 aromatic heterocycles. The van der Waals surface area contributed by atoms with Crippen LogP contribution in [0.1, 0.15) is 90.9 Å². The van der Waals surface area contributed by atoms with Crippen molar-refractivity contribution in [3.8, 4) is 0 Å². The van der Waals surface area contributed by atoms with E-state index in [1.165, 1.54) is 6.42 Å². The third-order valence-corrected chi connectivity index (χ3v) is 5.58. The van der Waals surface area contributed by atoms with Crippen LogP contribution in [0, 0.1) is 10.8 Å².